The average molecular weight is 575 g/mol. The molecule has 220 valence electrons. The number of carbonyl (C=O) groups is 1. The number of nitrogens with zero attached hydrogens (tertiary/aromatic N) is 4. The van der Waals surface area contributed by atoms with Crippen LogP contribution >= 0.6 is 0 Å². The molecule has 0 spiro atoms. The Bertz CT molecular complexity index is 1560. The van der Waals surface area contributed by atoms with E-state index in [1.807, 2.05) is 36.4 Å². The predicted octanol–water partition coefficient (Wildman–Crippen LogP) is 6.76. The molecular formula is C35H38N6O2. The fraction of sp³-hybridized carbons (Fsp3) is 0.286. The first-order valence-corrected chi connectivity index (χ1v) is 15.1. The van der Waals surface area contributed by atoms with Crippen LogP contribution in [-0.4, -0.2) is 55.1 Å². The van der Waals surface area contributed by atoms with Crippen LogP contribution in [-0.2, 0) is 16.0 Å². The number of nitrogens with one attached hydrogen (secondary N) is 2. The van der Waals surface area contributed by atoms with Crippen LogP contribution in [0.25, 0.3) is 11.3 Å². The summed E-state index contributed by atoms with van der Waals surface area (Å²) in [6, 6.07) is 26.7. The number of piperidine rings is 1. The van der Waals surface area contributed by atoms with Crippen molar-refractivity contribution in [3.8, 4) is 11.3 Å². The smallest absolute Gasteiger partial charge is 0.229 e. The van der Waals surface area contributed by atoms with E-state index in [9.17, 15) is 4.79 Å². The van der Waals surface area contributed by atoms with Crippen LogP contribution in [0.15, 0.2) is 91.5 Å². The van der Waals surface area contributed by atoms with E-state index in [2.05, 4.69) is 69.5 Å². The number of hydrogen-bond donors (Lipinski definition) is 2. The van der Waals surface area contributed by atoms with Gasteiger partial charge in [0.1, 0.15) is 5.82 Å². The van der Waals surface area contributed by atoms with Gasteiger partial charge in [0.15, 0.2) is 5.78 Å². The lowest BCUT2D eigenvalue weighted by Gasteiger charge is -2.29. The van der Waals surface area contributed by atoms with Crippen LogP contribution in [0.3, 0.4) is 0 Å². The van der Waals surface area contributed by atoms with Crippen LogP contribution in [0.2, 0.25) is 0 Å². The van der Waals surface area contributed by atoms with E-state index in [0.717, 1.165) is 67.6 Å². The van der Waals surface area contributed by atoms with E-state index in [1.54, 1.807) is 0 Å². The van der Waals surface area contributed by atoms with Crippen LogP contribution in [0.4, 0.5) is 34.5 Å². The van der Waals surface area contributed by atoms with Crippen molar-refractivity contribution in [2.45, 2.75) is 25.7 Å². The molecule has 2 aliphatic rings. The molecule has 0 radical (unpaired) electrons. The molecular weight excluding hydrogens is 536 g/mol. The number of aromatic nitrogens is 2. The topological polar surface area (TPSA) is 82.6 Å². The highest BCUT2D eigenvalue weighted by Crippen LogP contribution is 2.29. The fourth-order valence-electron chi connectivity index (χ4n) is 5.62. The van der Waals surface area contributed by atoms with Crippen molar-refractivity contribution < 1.29 is 9.53 Å². The van der Waals surface area contributed by atoms with Crippen molar-refractivity contribution >= 4 is 40.3 Å². The van der Waals surface area contributed by atoms with Gasteiger partial charge in [-0.2, -0.15) is 4.98 Å². The molecule has 0 aliphatic carbocycles. The van der Waals surface area contributed by atoms with Crippen molar-refractivity contribution in [2.24, 2.45) is 0 Å². The Balaban J connectivity index is 1.29. The third-order valence-corrected chi connectivity index (χ3v) is 7.89. The van der Waals surface area contributed by atoms with Crippen LogP contribution in [0.5, 0.6) is 0 Å². The van der Waals surface area contributed by atoms with Gasteiger partial charge in [0.25, 0.3) is 0 Å². The van der Waals surface area contributed by atoms with Gasteiger partial charge in [0.05, 0.1) is 18.9 Å². The van der Waals surface area contributed by atoms with Gasteiger partial charge in [-0.25, -0.2) is 4.98 Å². The fourth-order valence-corrected chi connectivity index (χ4v) is 5.62. The molecule has 6 rings (SSSR count). The van der Waals surface area contributed by atoms with Gasteiger partial charge in [0, 0.05) is 67.0 Å². The molecule has 0 unspecified atom stereocenters. The highest BCUT2D eigenvalue weighted by Gasteiger charge is 2.14. The Morgan fingerprint density at radius 1 is 0.791 bits per heavy atom. The third kappa shape index (κ3) is 7.40. The maximum atomic E-state index is 12.0. The molecule has 0 atom stereocenters. The second-order valence-electron chi connectivity index (χ2n) is 11.0. The highest BCUT2D eigenvalue weighted by atomic mass is 16.5. The predicted molar refractivity (Wildman–Crippen MR) is 175 cm³/mol. The Kier molecular flexibility index (Phi) is 8.94. The molecule has 3 heterocycles. The molecule has 0 amide bonds. The molecule has 4 aromatic rings. The lowest BCUT2D eigenvalue weighted by Crippen LogP contribution is -2.36. The molecule has 8 heteroatoms. The van der Waals surface area contributed by atoms with Gasteiger partial charge in [-0.15, -0.1) is 0 Å². The average Bonchev–Trinajstić information content (AvgIpc) is 3.06. The molecule has 3 aromatic carbocycles. The number of ketones is 1. The Morgan fingerprint density at radius 3 is 2.35 bits per heavy atom. The summed E-state index contributed by atoms with van der Waals surface area (Å²) in [5.41, 5.74) is 6.84. The maximum Gasteiger partial charge on any atom is 0.229 e. The lowest BCUT2D eigenvalue weighted by molar-refractivity contribution is -0.114. The van der Waals surface area contributed by atoms with E-state index in [1.165, 1.54) is 36.7 Å². The zero-order chi connectivity index (χ0) is 29.4. The largest absolute Gasteiger partial charge is 0.378 e. The number of hydrogen-bond acceptors (Lipinski definition) is 8. The van der Waals surface area contributed by atoms with Gasteiger partial charge < -0.3 is 25.2 Å². The molecule has 2 saturated heterocycles. The van der Waals surface area contributed by atoms with Gasteiger partial charge >= 0.3 is 0 Å². The van der Waals surface area contributed by atoms with Gasteiger partial charge in [0.2, 0.25) is 5.95 Å². The summed E-state index contributed by atoms with van der Waals surface area (Å²) in [5, 5.41) is 6.93. The summed E-state index contributed by atoms with van der Waals surface area (Å²) < 4.78 is 5.50. The summed E-state index contributed by atoms with van der Waals surface area (Å²) in [6.07, 6.45) is 5.41. The maximum absolute atomic E-state index is 12.0. The van der Waals surface area contributed by atoms with Gasteiger partial charge in [-0.3, -0.25) is 4.79 Å². The van der Waals surface area contributed by atoms with Gasteiger partial charge in [-0.1, -0.05) is 30.8 Å². The first-order valence-electron chi connectivity index (χ1n) is 15.1. The Hall–Kier alpha value is -4.69. The minimum Gasteiger partial charge on any atom is -0.378 e. The minimum absolute atomic E-state index is 0.0151. The van der Waals surface area contributed by atoms with Crippen LogP contribution in [0, 0.1) is 0 Å². The van der Waals surface area contributed by atoms with E-state index in [4.69, 9.17) is 14.7 Å². The van der Waals surface area contributed by atoms with Crippen molar-refractivity contribution in [3.63, 3.8) is 0 Å². The van der Waals surface area contributed by atoms with Crippen molar-refractivity contribution in [3.05, 3.63) is 97.1 Å². The molecule has 8 nitrogen and oxygen atoms in total. The number of carbonyl (C=O) groups excluding carboxylic acids is 1. The molecule has 43 heavy (non-hydrogen) atoms. The number of ether oxygens (including phenoxy) is 1. The van der Waals surface area contributed by atoms with E-state index < -0.39 is 0 Å². The summed E-state index contributed by atoms with van der Waals surface area (Å²) in [6.45, 7) is 9.07. The normalized spacial score (nSPS) is 15.2. The van der Waals surface area contributed by atoms with E-state index in [-0.39, 0.29) is 5.78 Å². The molecule has 2 aliphatic heterocycles. The van der Waals surface area contributed by atoms with Crippen molar-refractivity contribution in [1.82, 2.24) is 9.97 Å². The van der Waals surface area contributed by atoms with E-state index in [0.29, 0.717) is 18.2 Å². The SMILES string of the molecule is C=CC(=O)Cc1cccc(-c2cc(Nc3ccc(N4CCOCC4)cc3)nc(Nc3cccc(N4CCCCC4)c3)n2)c1. The standard InChI is InChI=1S/C35H38N6O2/c1-2-32(42)23-26-8-6-9-27(22-26)33-25-34(36-28-12-14-30(15-13-28)41-18-20-43-21-19-41)39-35(38-33)37-29-10-7-11-31(24-29)40-16-4-3-5-17-40/h2,6-15,22,24-25H,1,3-5,16-21,23H2,(H2,36,37,38,39). The monoisotopic (exact) mass is 574 g/mol. The lowest BCUT2D eigenvalue weighted by atomic mass is 10.0. The second-order valence-corrected chi connectivity index (χ2v) is 11.0. The minimum atomic E-state index is -0.0151. The van der Waals surface area contributed by atoms with E-state index >= 15 is 0 Å². The number of rotatable bonds is 10. The van der Waals surface area contributed by atoms with Crippen molar-refractivity contribution in [2.75, 3.05) is 59.8 Å². The third-order valence-electron chi connectivity index (χ3n) is 7.89. The Labute approximate surface area is 253 Å². The molecule has 0 bridgehead atoms. The number of allylic oxidation sites excluding steroid dienone is 1. The summed E-state index contributed by atoms with van der Waals surface area (Å²) >= 11 is 0. The number of benzene rings is 3. The van der Waals surface area contributed by atoms with Gasteiger partial charge in [-0.05, 0) is 79.4 Å². The molecule has 2 fully saturated rings. The highest BCUT2D eigenvalue weighted by molar-refractivity contribution is 5.91. The number of anilines is 6. The summed E-state index contributed by atoms with van der Waals surface area (Å²) in [7, 11) is 0. The van der Waals surface area contributed by atoms with Crippen molar-refractivity contribution in [1.29, 1.82) is 0 Å². The quantitative estimate of drug-likeness (QED) is 0.201. The molecule has 0 saturated carbocycles. The first-order chi connectivity index (χ1) is 21.1. The number of morpholine rings is 1. The summed E-state index contributed by atoms with van der Waals surface area (Å²) in [4.78, 5) is 26.6. The zero-order valence-corrected chi connectivity index (χ0v) is 24.5. The first kappa shape index (κ1) is 28.4. The molecule has 1 aromatic heterocycles. The Morgan fingerprint density at radius 2 is 1.56 bits per heavy atom. The van der Waals surface area contributed by atoms with Crippen LogP contribution < -0.4 is 20.4 Å². The van der Waals surface area contributed by atoms with Crippen LogP contribution in [0.1, 0.15) is 24.8 Å². The second kappa shape index (κ2) is 13.5. The zero-order valence-electron chi connectivity index (χ0n) is 24.5. The summed E-state index contributed by atoms with van der Waals surface area (Å²) in [5.74, 6) is 1.15. The molecule has 2 N–H and O–H groups in total.